The van der Waals surface area contributed by atoms with Crippen LogP contribution < -0.4 is 0 Å². The van der Waals surface area contributed by atoms with Gasteiger partial charge in [-0.3, -0.25) is 0 Å². The predicted molar refractivity (Wildman–Crippen MR) is 85.6 cm³/mol. The summed E-state index contributed by atoms with van der Waals surface area (Å²) < 4.78 is 4.64. The van der Waals surface area contributed by atoms with E-state index in [1.807, 2.05) is 30.4 Å². The molecule has 2 N–H and O–H groups in total. The molecule has 0 aromatic heterocycles. The molecule has 0 unspecified atom stereocenters. The Labute approximate surface area is 128 Å². The van der Waals surface area contributed by atoms with Crippen molar-refractivity contribution in [2.75, 3.05) is 7.11 Å². The zero-order chi connectivity index (χ0) is 15.9. The van der Waals surface area contributed by atoms with E-state index in [1.165, 1.54) is 19.2 Å². The van der Waals surface area contributed by atoms with Crippen LogP contribution in [0.1, 0.15) is 21.5 Å². The van der Waals surface area contributed by atoms with Crippen LogP contribution in [0.15, 0.2) is 54.6 Å². The maximum atomic E-state index is 11.3. The minimum Gasteiger partial charge on any atom is -0.504 e. The molecule has 0 aliphatic carbocycles. The number of carbonyl (C=O) groups excluding carboxylic acids is 1. The Morgan fingerprint density at radius 1 is 0.909 bits per heavy atom. The fourth-order valence-corrected chi connectivity index (χ4v) is 1.83. The van der Waals surface area contributed by atoms with E-state index in [0.29, 0.717) is 5.56 Å². The summed E-state index contributed by atoms with van der Waals surface area (Å²) >= 11 is 0. The maximum absolute atomic E-state index is 11.3. The van der Waals surface area contributed by atoms with Crippen LogP contribution in [0.4, 0.5) is 0 Å². The summed E-state index contributed by atoms with van der Waals surface area (Å²) in [7, 11) is 1.35. The van der Waals surface area contributed by atoms with Crippen molar-refractivity contribution in [3.8, 4) is 11.5 Å². The molecular formula is C18H16O4. The summed E-state index contributed by atoms with van der Waals surface area (Å²) in [5, 5.41) is 18.6. The maximum Gasteiger partial charge on any atom is 0.337 e. The molecule has 0 aliphatic heterocycles. The second kappa shape index (κ2) is 7.13. The Morgan fingerprint density at radius 3 is 2.09 bits per heavy atom. The number of carbonyl (C=O) groups is 1. The van der Waals surface area contributed by atoms with Gasteiger partial charge in [-0.05, 0) is 35.4 Å². The summed E-state index contributed by atoms with van der Waals surface area (Å²) in [5.41, 5.74) is 2.24. The lowest BCUT2D eigenvalue weighted by molar-refractivity contribution is 0.0600. The second-order valence-electron chi connectivity index (χ2n) is 4.58. The molecule has 0 saturated heterocycles. The lowest BCUT2D eigenvalue weighted by atomic mass is 10.1. The lowest BCUT2D eigenvalue weighted by Crippen LogP contribution is -2.00. The van der Waals surface area contributed by atoms with Crippen LogP contribution in [-0.4, -0.2) is 23.3 Å². The Hall–Kier alpha value is -3.01. The number of methoxy groups -OCH3 is 1. The molecule has 0 bridgehead atoms. The Kier molecular flexibility index (Phi) is 4.98. The second-order valence-corrected chi connectivity index (χ2v) is 4.58. The molecule has 4 heteroatoms. The number of phenols is 2. The van der Waals surface area contributed by atoms with E-state index in [0.717, 1.165) is 11.1 Å². The molecule has 0 amide bonds. The minimum atomic E-state index is -0.359. The van der Waals surface area contributed by atoms with Gasteiger partial charge in [0.05, 0.1) is 12.7 Å². The number of phenolic OH excluding ortho intramolecular Hbond substituents is 2. The van der Waals surface area contributed by atoms with Crippen molar-refractivity contribution in [3.63, 3.8) is 0 Å². The van der Waals surface area contributed by atoms with Gasteiger partial charge in [0.1, 0.15) is 0 Å². The number of hydrogen-bond acceptors (Lipinski definition) is 4. The fraction of sp³-hybridized carbons (Fsp3) is 0.0556. The molecule has 0 spiro atoms. The average Bonchev–Trinajstić information content (AvgIpc) is 2.54. The van der Waals surface area contributed by atoms with Crippen LogP contribution in [-0.2, 0) is 4.74 Å². The van der Waals surface area contributed by atoms with Gasteiger partial charge < -0.3 is 14.9 Å². The zero-order valence-corrected chi connectivity index (χ0v) is 12.1. The van der Waals surface area contributed by atoms with Crippen molar-refractivity contribution in [1.29, 1.82) is 0 Å². The molecule has 0 radical (unpaired) electrons. The van der Waals surface area contributed by atoms with Crippen LogP contribution in [0.25, 0.3) is 12.2 Å². The predicted octanol–water partition coefficient (Wildman–Crippen LogP) is 3.61. The molecule has 2 aromatic rings. The first-order valence-corrected chi connectivity index (χ1v) is 6.65. The van der Waals surface area contributed by atoms with Gasteiger partial charge in [0, 0.05) is 0 Å². The highest BCUT2D eigenvalue weighted by molar-refractivity contribution is 5.89. The normalized spacial score (nSPS) is 11.1. The highest BCUT2D eigenvalue weighted by atomic mass is 16.5. The van der Waals surface area contributed by atoms with Gasteiger partial charge >= 0.3 is 5.97 Å². The van der Waals surface area contributed by atoms with Crippen molar-refractivity contribution < 1.29 is 19.7 Å². The highest BCUT2D eigenvalue weighted by Gasteiger charge is 2.02. The molecule has 22 heavy (non-hydrogen) atoms. The number of ether oxygens (including phenoxy) is 1. The van der Waals surface area contributed by atoms with Crippen LogP contribution in [0, 0.1) is 0 Å². The quantitative estimate of drug-likeness (QED) is 0.514. The van der Waals surface area contributed by atoms with E-state index >= 15 is 0 Å². The van der Waals surface area contributed by atoms with Crippen molar-refractivity contribution >= 4 is 18.1 Å². The van der Waals surface area contributed by atoms with Gasteiger partial charge in [-0.15, -0.1) is 0 Å². The number of aromatic hydroxyl groups is 2. The SMILES string of the molecule is COC(=O)c1ccc(C=CC=Cc2ccc(O)c(O)c2)cc1. The number of benzene rings is 2. The molecule has 2 rings (SSSR count). The Bertz CT molecular complexity index is 712. The third-order valence-electron chi connectivity index (χ3n) is 3.02. The standard InChI is InChI=1S/C18H16O4/c1-22-18(21)15-9-6-13(7-10-15)4-2-3-5-14-8-11-16(19)17(20)12-14/h2-12,19-20H,1H3. The first kappa shape index (κ1) is 15.4. The molecule has 4 nitrogen and oxygen atoms in total. The summed E-state index contributed by atoms with van der Waals surface area (Å²) in [6.07, 6.45) is 7.35. The minimum absolute atomic E-state index is 0.140. The van der Waals surface area contributed by atoms with Crippen molar-refractivity contribution in [2.24, 2.45) is 0 Å². The summed E-state index contributed by atoms with van der Waals surface area (Å²) in [4.78, 5) is 11.3. The van der Waals surface area contributed by atoms with E-state index in [9.17, 15) is 15.0 Å². The van der Waals surface area contributed by atoms with E-state index in [1.54, 1.807) is 24.3 Å². The van der Waals surface area contributed by atoms with Crippen LogP contribution in [0.5, 0.6) is 11.5 Å². The third kappa shape index (κ3) is 3.99. The van der Waals surface area contributed by atoms with Gasteiger partial charge in [-0.25, -0.2) is 4.79 Å². The summed E-state index contributed by atoms with van der Waals surface area (Å²) in [6.45, 7) is 0. The monoisotopic (exact) mass is 296 g/mol. The first-order chi connectivity index (χ1) is 10.6. The number of rotatable bonds is 4. The molecule has 0 aliphatic rings. The molecule has 0 fully saturated rings. The summed E-state index contributed by atoms with van der Waals surface area (Å²) in [6, 6.07) is 11.7. The van der Waals surface area contributed by atoms with Crippen molar-refractivity contribution in [1.82, 2.24) is 0 Å². The molecule has 0 saturated carbocycles. The Balaban J connectivity index is 2.01. The highest BCUT2D eigenvalue weighted by Crippen LogP contribution is 2.25. The topological polar surface area (TPSA) is 66.8 Å². The molecule has 2 aromatic carbocycles. The summed E-state index contributed by atoms with van der Waals surface area (Å²) in [5.74, 6) is -0.648. The van der Waals surface area contributed by atoms with Gasteiger partial charge in [-0.2, -0.15) is 0 Å². The largest absolute Gasteiger partial charge is 0.504 e. The van der Waals surface area contributed by atoms with Gasteiger partial charge in [0.25, 0.3) is 0 Å². The van der Waals surface area contributed by atoms with Crippen LogP contribution in [0.2, 0.25) is 0 Å². The molecular weight excluding hydrogens is 280 g/mol. The number of hydrogen-bond donors (Lipinski definition) is 2. The smallest absolute Gasteiger partial charge is 0.337 e. The van der Waals surface area contributed by atoms with Crippen LogP contribution >= 0.6 is 0 Å². The zero-order valence-electron chi connectivity index (χ0n) is 12.1. The van der Waals surface area contributed by atoms with Gasteiger partial charge in [-0.1, -0.05) is 42.5 Å². The van der Waals surface area contributed by atoms with E-state index in [4.69, 9.17) is 0 Å². The van der Waals surface area contributed by atoms with E-state index in [-0.39, 0.29) is 17.5 Å². The van der Waals surface area contributed by atoms with Crippen molar-refractivity contribution in [2.45, 2.75) is 0 Å². The third-order valence-corrected chi connectivity index (χ3v) is 3.02. The van der Waals surface area contributed by atoms with Gasteiger partial charge in [0.15, 0.2) is 11.5 Å². The molecule has 0 atom stereocenters. The average molecular weight is 296 g/mol. The molecule has 0 heterocycles. The number of allylic oxidation sites excluding steroid dienone is 2. The van der Waals surface area contributed by atoms with Crippen LogP contribution in [0.3, 0.4) is 0 Å². The van der Waals surface area contributed by atoms with Gasteiger partial charge in [0.2, 0.25) is 0 Å². The number of esters is 1. The van der Waals surface area contributed by atoms with Crippen molar-refractivity contribution in [3.05, 3.63) is 71.3 Å². The first-order valence-electron chi connectivity index (χ1n) is 6.65. The lowest BCUT2D eigenvalue weighted by Gasteiger charge is -1.99. The van der Waals surface area contributed by atoms with E-state index in [2.05, 4.69) is 4.74 Å². The Morgan fingerprint density at radius 2 is 1.50 bits per heavy atom. The molecule has 112 valence electrons. The van der Waals surface area contributed by atoms with E-state index < -0.39 is 0 Å². The fourth-order valence-electron chi connectivity index (χ4n) is 1.83.